The van der Waals surface area contributed by atoms with Crippen molar-refractivity contribution in [2.24, 2.45) is 0 Å². The van der Waals surface area contributed by atoms with Gasteiger partial charge in [-0.25, -0.2) is 0 Å². The number of hydrogen-bond donors (Lipinski definition) is 1. The number of rotatable bonds is 8. The predicted octanol–water partition coefficient (Wildman–Crippen LogP) is 3.15. The van der Waals surface area contributed by atoms with Gasteiger partial charge in [-0.15, -0.1) is 10.2 Å². The van der Waals surface area contributed by atoms with Crippen LogP contribution in [-0.4, -0.2) is 40.6 Å². The molecule has 0 saturated heterocycles. The highest BCUT2D eigenvalue weighted by atomic mass is 32.2. The van der Waals surface area contributed by atoms with Gasteiger partial charge in [0.05, 0.1) is 18.6 Å². The minimum absolute atomic E-state index is 0.152. The second kappa shape index (κ2) is 9.20. The van der Waals surface area contributed by atoms with Gasteiger partial charge in [0, 0.05) is 12.8 Å². The molecule has 2 aromatic carbocycles. The lowest BCUT2D eigenvalue weighted by atomic mass is 10.3. The van der Waals surface area contributed by atoms with Crippen LogP contribution in [0.2, 0.25) is 0 Å². The van der Waals surface area contributed by atoms with Gasteiger partial charge in [-0.2, -0.15) is 0 Å². The lowest BCUT2D eigenvalue weighted by molar-refractivity contribution is -0.113. The predicted molar refractivity (Wildman–Crippen MR) is 104 cm³/mol. The summed E-state index contributed by atoms with van der Waals surface area (Å²) in [5.41, 5.74) is 1.55. The van der Waals surface area contributed by atoms with Gasteiger partial charge in [0.2, 0.25) is 5.91 Å². The molecule has 0 saturated carbocycles. The van der Waals surface area contributed by atoms with Gasteiger partial charge in [-0.3, -0.25) is 9.36 Å². The topological polar surface area (TPSA) is 78.3 Å². The summed E-state index contributed by atoms with van der Waals surface area (Å²) in [4.78, 5) is 12.4. The molecule has 0 aliphatic carbocycles. The maximum Gasteiger partial charge on any atom is 0.234 e. The van der Waals surface area contributed by atoms with E-state index in [0.717, 1.165) is 5.69 Å². The summed E-state index contributed by atoms with van der Waals surface area (Å²) >= 11 is 1.31. The highest BCUT2D eigenvalue weighted by molar-refractivity contribution is 7.99. The summed E-state index contributed by atoms with van der Waals surface area (Å²) in [6, 6.07) is 17.0. The fraction of sp³-hybridized carbons (Fsp3) is 0.211. The molecule has 0 spiro atoms. The van der Waals surface area contributed by atoms with E-state index in [1.807, 2.05) is 47.0 Å². The van der Waals surface area contributed by atoms with Crippen LogP contribution >= 0.6 is 11.8 Å². The number of hydrogen-bond acceptors (Lipinski definition) is 6. The molecule has 1 aromatic heterocycles. The Morgan fingerprint density at radius 1 is 1.07 bits per heavy atom. The van der Waals surface area contributed by atoms with Crippen molar-refractivity contribution in [1.29, 1.82) is 0 Å². The minimum atomic E-state index is -0.152. The molecule has 27 heavy (non-hydrogen) atoms. The monoisotopic (exact) mass is 384 g/mol. The number of nitrogens with zero attached hydrogens (tertiary/aromatic N) is 3. The van der Waals surface area contributed by atoms with Gasteiger partial charge >= 0.3 is 0 Å². The van der Waals surface area contributed by atoms with E-state index >= 15 is 0 Å². The molecule has 3 aromatic rings. The smallest absolute Gasteiger partial charge is 0.234 e. The van der Waals surface area contributed by atoms with Crippen LogP contribution in [0.1, 0.15) is 5.82 Å². The minimum Gasteiger partial charge on any atom is -0.495 e. The Kier molecular flexibility index (Phi) is 6.45. The first-order chi connectivity index (χ1) is 13.2. The van der Waals surface area contributed by atoms with E-state index in [0.29, 0.717) is 29.0 Å². The zero-order chi connectivity index (χ0) is 19.1. The standard InChI is InChI=1S/C19H20N4O3S/c1-25-12-17-21-22-19(23(17)14-8-4-3-5-9-14)27-13-18(24)20-15-10-6-7-11-16(15)26-2/h3-11H,12-13H2,1-2H3,(H,20,24). The first-order valence-corrected chi connectivity index (χ1v) is 9.25. The fourth-order valence-corrected chi connectivity index (χ4v) is 3.29. The molecule has 7 nitrogen and oxygen atoms in total. The van der Waals surface area contributed by atoms with Crippen LogP contribution in [0, 0.1) is 0 Å². The number of methoxy groups -OCH3 is 2. The highest BCUT2D eigenvalue weighted by Crippen LogP contribution is 2.25. The Morgan fingerprint density at radius 2 is 1.81 bits per heavy atom. The summed E-state index contributed by atoms with van der Waals surface area (Å²) in [5.74, 6) is 1.33. The van der Waals surface area contributed by atoms with Crippen molar-refractivity contribution in [3.05, 3.63) is 60.4 Å². The number of carbonyl (C=O) groups is 1. The zero-order valence-electron chi connectivity index (χ0n) is 15.1. The number of aromatic nitrogens is 3. The van der Waals surface area contributed by atoms with Crippen molar-refractivity contribution >= 4 is 23.4 Å². The van der Waals surface area contributed by atoms with Gasteiger partial charge in [0.15, 0.2) is 11.0 Å². The average molecular weight is 384 g/mol. The number of thioether (sulfide) groups is 1. The van der Waals surface area contributed by atoms with E-state index < -0.39 is 0 Å². The molecule has 1 amide bonds. The van der Waals surface area contributed by atoms with Crippen LogP contribution in [0.15, 0.2) is 59.8 Å². The fourth-order valence-electron chi connectivity index (χ4n) is 2.52. The molecule has 0 aliphatic heterocycles. The summed E-state index contributed by atoms with van der Waals surface area (Å²) in [7, 11) is 3.18. The molecular weight excluding hydrogens is 364 g/mol. The largest absolute Gasteiger partial charge is 0.495 e. The van der Waals surface area contributed by atoms with Crippen LogP contribution in [0.5, 0.6) is 5.75 Å². The third-order valence-corrected chi connectivity index (χ3v) is 4.63. The molecule has 0 fully saturated rings. The van der Waals surface area contributed by atoms with Crippen molar-refractivity contribution in [2.75, 3.05) is 25.3 Å². The molecular formula is C19H20N4O3S. The van der Waals surface area contributed by atoms with Crippen molar-refractivity contribution in [3.63, 3.8) is 0 Å². The Bertz CT molecular complexity index is 899. The van der Waals surface area contributed by atoms with Crippen molar-refractivity contribution in [3.8, 4) is 11.4 Å². The first-order valence-electron chi connectivity index (χ1n) is 8.27. The Labute approximate surface area is 161 Å². The van der Waals surface area contributed by atoms with Gasteiger partial charge in [0.1, 0.15) is 12.4 Å². The molecule has 0 radical (unpaired) electrons. The lowest BCUT2D eigenvalue weighted by Gasteiger charge is -2.11. The molecule has 1 heterocycles. The van der Waals surface area contributed by atoms with E-state index in [1.54, 1.807) is 26.4 Å². The molecule has 0 aliphatic rings. The average Bonchev–Trinajstić information content (AvgIpc) is 3.10. The summed E-state index contributed by atoms with van der Waals surface area (Å²) in [6.07, 6.45) is 0. The SMILES string of the molecule is COCc1nnc(SCC(=O)Nc2ccccc2OC)n1-c1ccccc1. The van der Waals surface area contributed by atoms with E-state index in [4.69, 9.17) is 9.47 Å². The van der Waals surface area contributed by atoms with E-state index in [9.17, 15) is 4.79 Å². The number of benzene rings is 2. The highest BCUT2D eigenvalue weighted by Gasteiger charge is 2.16. The normalized spacial score (nSPS) is 10.6. The van der Waals surface area contributed by atoms with Gasteiger partial charge in [-0.05, 0) is 24.3 Å². The zero-order valence-corrected chi connectivity index (χ0v) is 15.9. The first kappa shape index (κ1) is 18.9. The van der Waals surface area contributed by atoms with Crippen molar-refractivity contribution in [1.82, 2.24) is 14.8 Å². The van der Waals surface area contributed by atoms with Crippen LogP contribution in [0.25, 0.3) is 5.69 Å². The Hall–Kier alpha value is -2.84. The Balaban J connectivity index is 1.73. The second-order valence-corrected chi connectivity index (χ2v) is 6.48. The molecule has 0 atom stereocenters. The number of ether oxygens (including phenoxy) is 2. The maximum atomic E-state index is 12.4. The quantitative estimate of drug-likeness (QED) is 0.601. The van der Waals surface area contributed by atoms with Gasteiger partial charge in [-0.1, -0.05) is 42.1 Å². The van der Waals surface area contributed by atoms with E-state index in [1.165, 1.54) is 11.8 Å². The number of carbonyl (C=O) groups excluding carboxylic acids is 1. The van der Waals surface area contributed by atoms with Crippen molar-refractivity contribution < 1.29 is 14.3 Å². The number of para-hydroxylation sites is 3. The molecule has 8 heteroatoms. The van der Waals surface area contributed by atoms with Crippen LogP contribution < -0.4 is 10.1 Å². The summed E-state index contributed by atoms with van der Waals surface area (Å²) in [6.45, 7) is 0.329. The van der Waals surface area contributed by atoms with Gasteiger partial charge in [0.25, 0.3) is 0 Å². The van der Waals surface area contributed by atoms with Crippen molar-refractivity contribution in [2.45, 2.75) is 11.8 Å². The van der Waals surface area contributed by atoms with E-state index in [-0.39, 0.29) is 11.7 Å². The lowest BCUT2D eigenvalue weighted by Crippen LogP contribution is -2.15. The number of nitrogens with one attached hydrogen (secondary N) is 1. The van der Waals surface area contributed by atoms with Gasteiger partial charge < -0.3 is 14.8 Å². The Morgan fingerprint density at radius 3 is 2.56 bits per heavy atom. The number of anilines is 1. The third kappa shape index (κ3) is 4.66. The van der Waals surface area contributed by atoms with Crippen LogP contribution in [-0.2, 0) is 16.1 Å². The number of amides is 1. The summed E-state index contributed by atoms with van der Waals surface area (Å²) in [5, 5.41) is 11.9. The molecule has 0 bridgehead atoms. The molecule has 1 N–H and O–H groups in total. The molecule has 0 unspecified atom stereocenters. The van der Waals surface area contributed by atoms with Crippen LogP contribution in [0.3, 0.4) is 0 Å². The summed E-state index contributed by atoms with van der Waals surface area (Å²) < 4.78 is 12.4. The second-order valence-electron chi connectivity index (χ2n) is 5.54. The molecule has 3 rings (SSSR count). The maximum absolute atomic E-state index is 12.4. The van der Waals surface area contributed by atoms with E-state index in [2.05, 4.69) is 15.5 Å². The third-order valence-electron chi connectivity index (χ3n) is 3.70. The molecule has 140 valence electrons. The van der Waals surface area contributed by atoms with Crippen LogP contribution in [0.4, 0.5) is 5.69 Å².